The number of aryl methyl sites for hydroxylation is 1. The third kappa shape index (κ3) is 7.04. The molecule has 1 amide bonds. The molecule has 2 rings (SSSR count). The van der Waals surface area contributed by atoms with Crippen molar-refractivity contribution in [1.29, 1.82) is 0 Å². The van der Waals surface area contributed by atoms with Crippen molar-refractivity contribution in [3.63, 3.8) is 0 Å². The van der Waals surface area contributed by atoms with Crippen LogP contribution in [0.5, 0.6) is 5.75 Å². The molecule has 0 atom stereocenters. The second kappa shape index (κ2) is 10.2. The van der Waals surface area contributed by atoms with Gasteiger partial charge in [-0.3, -0.25) is 9.59 Å². The Balaban J connectivity index is 1.78. The molecule has 0 unspecified atom stereocenters. The first-order valence-electron chi connectivity index (χ1n) is 8.56. The molecular formula is C19H21ClN2O6S. The molecule has 0 aliphatic rings. The number of amides is 1. The highest BCUT2D eigenvalue weighted by Crippen LogP contribution is 2.25. The van der Waals surface area contributed by atoms with Crippen LogP contribution in [0, 0.1) is 6.92 Å². The molecule has 0 aliphatic carbocycles. The quantitative estimate of drug-likeness (QED) is 0.579. The van der Waals surface area contributed by atoms with Gasteiger partial charge in [0.2, 0.25) is 10.0 Å². The molecule has 0 saturated carbocycles. The van der Waals surface area contributed by atoms with Gasteiger partial charge in [0.25, 0.3) is 5.91 Å². The molecule has 29 heavy (non-hydrogen) atoms. The van der Waals surface area contributed by atoms with Crippen LogP contribution in [-0.4, -0.2) is 40.6 Å². The Bertz CT molecular complexity index is 994. The Morgan fingerprint density at radius 2 is 1.90 bits per heavy atom. The van der Waals surface area contributed by atoms with E-state index < -0.39 is 28.5 Å². The number of carbonyl (C=O) groups excluding carboxylic acids is 2. The zero-order valence-electron chi connectivity index (χ0n) is 15.9. The summed E-state index contributed by atoms with van der Waals surface area (Å²) in [6, 6.07) is 11.0. The van der Waals surface area contributed by atoms with Crippen LogP contribution in [0.25, 0.3) is 0 Å². The van der Waals surface area contributed by atoms with Crippen molar-refractivity contribution in [3.05, 3.63) is 53.1 Å². The molecule has 2 N–H and O–H groups in total. The third-order valence-electron chi connectivity index (χ3n) is 3.72. The van der Waals surface area contributed by atoms with E-state index in [0.717, 1.165) is 5.56 Å². The van der Waals surface area contributed by atoms with E-state index in [9.17, 15) is 18.0 Å². The van der Waals surface area contributed by atoms with Gasteiger partial charge in [0.15, 0.2) is 6.61 Å². The Kier molecular flexibility index (Phi) is 8.00. The molecule has 0 spiro atoms. The van der Waals surface area contributed by atoms with Crippen molar-refractivity contribution in [2.45, 2.75) is 18.2 Å². The summed E-state index contributed by atoms with van der Waals surface area (Å²) in [5, 5.41) is 2.88. The van der Waals surface area contributed by atoms with Gasteiger partial charge in [0.1, 0.15) is 5.75 Å². The lowest BCUT2D eigenvalue weighted by molar-refractivity contribution is -0.147. The minimum Gasteiger partial charge on any atom is -0.495 e. The second-order valence-electron chi connectivity index (χ2n) is 6.02. The minimum atomic E-state index is -3.80. The number of hydrogen-bond acceptors (Lipinski definition) is 6. The number of halogens is 1. The summed E-state index contributed by atoms with van der Waals surface area (Å²) in [7, 11) is -2.32. The topological polar surface area (TPSA) is 111 Å². The Hall–Kier alpha value is -2.62. The summed E-state index contributed by atoms with van der Waals surface area (Å²) >= 11 is 5.78. The van der Waals surface area contributed by atoms with Crippen LogP contribution in [0.15, 0.2) is 47.4 Å². The van der Waals surface area contributed by atoms with Gasteiger partial charge in [-0.15, -0.1) is 0 Å². The number of sulfonamides is 1. The predicted molar refractivity (Wildman–Crippen MR) is 109 cm³/mol. The number of rotatable bonds is 9. The van der Waals surface area contributed by atoms with Gasteiger partial charge < -0.3 is 14.8 Å². The highest BCUT2D eigenvalue weighted by Gasteiger charge is 2.15. The minimum absolute atomic E-state index is 0.00940. The van der Waals surface area contributed by atoms with Crippen molar-refractivity contribution in [1.82, 2.24) is 4.72 Å². The second-order valence-corrected chi connectivity index (χ2v) is 8.22. The standard InChI is InChI=1S/C19H21ClN2O6S/c1-13-6-7-17(27-2)16(10-13)22-18(23)12-28-19(24)8-9-21-29(25,26)15-5-3-4-14(20)11-15/h3-7,10-11,21H,8-9,12H2,1-2H3,(H,22,23). The summed E-state index contributed by atoms with van der Waals surface area (Å²) in [5.74, 6) is -0.780. The molecule has 2 aromatic carbocycles. The average molecular weight is 441 g/mol. The predicted octanol–water partition coefficient (Wildman–Crippen LogP) is 2.51. The largest absolute Gasteiger partial charge is 0.495 e. The summed E-state index contributed by atoms with van der Waals surface area (Å²) < 4.78 is 36.6. The lowest BCUT2D eigenvalue weighted by atomic mass is 10.2. The number of anilines is 1. The number of nitrogens with one attached hydrogen (secondary N) is 2. The lowest BCUT2D eigenvalue weighted by Crippen LogP contribution is -2.28. The Labute approximate surface area is 174 Å². The zero-order valence-corrected chi connectivity index (χ0v) is 17.5. The van der Waals surface area contributed by atoms with Crippen molar-refractivity contribution in [2.75, 3.05) is 25.6 Å². The van der Waals surface area contributed by atoms with Gasteiger partial charge >= 0.3 is 5.97 Å². The molecule has 0 fully saturated rings. The number of benzene rings is 2. The lowest BCUT2D eigenvalue weighted by Gasteiger charge is -2.11. The van der Waals surface area contributed by atoms with Crippen LogP contribution in [0.2, 0.25) is 5.02 Å². The van der Waals surface area contributed by atoms with E-state index in [0.29, 0.717) is 11.4 Å². The average Bonchev–Trinajstić information content (AvgIpc) is 2.66. The van der Waals surface area contributed by atoms with Crippen LogP contribution in [0.3, 0.4) is 0 Å². The van der Waals surface area contributed by atoms with E-state index in [1.807, 2.05) is 13.0 Å². The van der Waals surface area contributed by atoms with Crippen molar-refractivity contribution in [2.24, 2.45) is 0 Å². The number of hydrogen-bond donors (Lipinski definition) is 2. The molecular weight excluding hydrogens is 420 g/mol. The highest BCUT2D eigenvalue weighted by atomic mass is 35.5. The van der Waals surface area contributed by atoms with E-state index in [-0.39, 0.29) is 22.9 Å². The van der Waals surface area contributed by atoms with Gasteiger partial charge in [-0.05, 0) is 42.8 Å². The normalized spacial score (nSPS) is 11.0. The first-order chi connectivity index (χ1) is 13.7. The highest BCUT2D eigenvalue weighted by molar-refractivity contribution is 7.89. The van der Waals surface area contributed by atoms with Crippen molar-refractivity contribution in [3.8, 4) is 5.75 Å². The SMILES string of the molecule is COc1ccc(C)cc1NC(=O)COC(=O)CCNS(=O)(=O)c1cccc(Cl)c1. The van der Waals surface area contributed by atoms with E-state index in [2.05, 4.69) is 10.0 Å². The maximum Gasteiger partial charge on any atom is 0.307 e. The molecule has 2 aromatic rings. The van der Waals surface area contributed by atoms with Gasteiger partial charge in [-0.2, -0.15) is 0 Å². The summed E-state index contributed by atoms with van der Waals surface area (Å²) in [6.07, 6.45) is -0.235. The third-order valence-corrected chi connectivity index (χ3v) is 5.41. The molecule has 0 aliphatic heterocycles. The number of ether oxygens (including phenoxy) is 2. The van der Waals surface area contributed by atoms with E-state index >= 15 is 0 Å². The van der Waals surface area contributed by atoms with Crippen LogP contribution in [0.4, 0.5) is 5.69 Å². The zero-order chi connectivity index (χ0) is 21.4. The Morgan fingerprint density at radius 3 is 2.59 bits per heavy atom. The van der Waals surface area contributed by atoms with Gasteiger partial charge in [-0.25, -0.2) is 13.1 Å². The molecule has 0 heterocycles. The number of carbonyl (C=O) groups is 2. The molecule has 10 heteroatoms. The fourth-order valence-electron chi connectivity index (χ4n) is 2.33. The van der Waals surface area contributed by atoms with Gasteiger partial charge in [0.05, 0.1) is 24.1 Å². The van der Waals surface area contributed by atoms with Crippen LogP contribution in [-0.2, 0) is 24.3 Å². The number of methoxy groups -OCH3 is 1. The maximum absolute atomic E-state index is 12.1. The first-order valence-corrected chi connectivity index (χ1v) is 10.4. The smallest absolute Gasteiger partial charge is 0.307 e. The molecule has 0 saturated heterocycles. The van der Waals surface area contributed by atoms with Gasteiger partial charge in [0, 0.05) is 11.6 Å². The fourth-order valence-corrected chi connectivity index (χ4v) is 3.66. The fraction of sp³-hybridized carbons (Fsp3) is 0.263. The van der Waals surface area contributed by atoms with Crippen molar-refractivity contribution < 1.29 is 27.5 Å². The molecule has 0 bridgehead atoms. The molecule has 0 radical (unpaired) electrons. The van der Waals surface area contributed by atoms with E-state index in [1.54, 1.807) is 18.2 Å². The van der Waals surface area contributed by atoms with Crippen LogP contribution < -0.4 is 14.8 Å². The van der Waals surface area contributed by atoms with E-state index in [1.165, 1.54) is 25.3 Å². The maximum atomic E-state index is 12.1. The summed E-state index contributed by atoms with van der Waals surface area (Å²) in [5.41, 5.74) is 1.38. The van der Waals surface area contributed by atoms with Gasteiger partial charge in [-0.1, -0.05) is 23.7 Å². The monoisotopic (exact) mass is 440 g/mol. The number of esters is 1. The first kappa shape index (κ1) is 22.7. The van der Waals surface area contributed by atoms with E-state index in [4.69, 9.17) is 21.1 Å². The molecule has 156 valence electrons. The Morgan fingerprint density at radius 1 is 1.14 bits per heavy atom. The van der Waals surface area contributed by atoms with Crippen LogP contribution >= 0.6 is 11.6 Å². The molecule has 8 nitrogen and oxygen atoms in total. The summed E-state index contributed by atoms with van der Waals surface area (Å²) in [4.78, 5) is 23.7. The molecule has 0 aromatic heterocycles. The summed E-state index contributed by atoms with van der Waals surface area (Å²) in [6.45, 7) is 1.18. The van der Waals surface area contributed by atoms with Crippen molar-refractivity contribution >= 4 is 39.2 Å². The van der Waals surface area contributed by atoms with Crippen LogP contribution in [0.1, 0.15) is 12.0 Å².